The van der Waals surface area contributed by atoms with Crippen LogP contribution in [0.25, 0.3) is 5.57 Å². The lowest BCUT2D eigenvalue weighted by atomic mass is 9.88. The van der Waals surface area contributed by atoms with Crippen LogP contribution in [0, 0.1) is 5.41 Å². The molecule has 1 aromatic rings. The topological polar surface area (TPSA) is 77.0 Å². The SMILES string of the molecule is CC1(C)C=C(c2nc(N)no2)CNC1. The Morgan fingerprint density at radius 3 is 2.93 bits per heavy atom. The summed E-state index contributed by atoms with van der Waals surface area (Å²) in [6.07, 6.45) is 2.15. The first kappa shape index (κ1) is 9.21. The number of nitrogens with two attached hydrogens (primary N) is 1. The van der Waals surface area contributed by atoms with Gasteiger partial charge in [0.25, 0.3) is 11.8 Å². The summed E-state index contributed by atoms with van der Waals surface area (Å²) in [6, 6.07) is 0. The lowest BCUT2D eigenvalue weighted by Gasteiger charge is -2.26. The van der Waals surface area contributed by atoms with Crippen LogP contribution >= 0.6 is 0 Å². The van der Waals surface area contributed by atoms with Crippen molar-refractivity contribution >= 4 is 11.5 Å². The highest BCUT2D eigenvalue weighted by atomic mass is 16.5. The normalized spacial score (nSPS) is 20.6. The average molecular weight is 194 g/mol. The van der Waals surface area contributed by atoms with E-state index in [0.717, 1.165) is 18.7 Å². The second-order valence-corrected chi connectivity index (χ2v) is 4.22. The number of nitrogen functional groups attached to an aromatic ring is 1. The van der Waals surface area contributed by atoms with Crippen LogP contribution in [-0.2, 0) is 0 Å². The van der Waals surface area contributed by atoms with E-state index in [2.05, 4.69) is 35.4 Å². The van der Waals surface area contributed by atoms with E-state index in [1.54, 1.807) is 0 Å². The average Bonchev–Trinajstić information content (AvgIpc) is 2.50. The van der Waals surface area contributed by atoms with E-state index in [4.69, 9.17) is 10.3 Å². The van der Waals surface area contributed by atoms with Crippen LogP contribution in [0.4, 0.5) is 5.95 Å². The van der Waals surface area contributed by atoms with Crippen molar-refractivity contribution in [2.24, 2.45) is 5.41 Å². The lowest BCUT2D eigenvalue weighted by molar-refractivity contribution is 0.393. The Balaban J connectivity index is 2.30. The van der Waals surface area contributed by atoms with Crippen molar-refractivity contribution in [2.75, 3.05) is 18.8 Å². The van der Waals surface area contributed by atoms with Crippen LogP contribution in [0.5, 0.6) is 0 Å². The highest BCUT2D eigenvalue weighted by Crippen LogP contribution is 2.26. The summed E-state index contributed by atoms with van der Waals surface area (Å²) in [6.45, 7) is 6.02. The zero-order valence-corrected chi connectivity index (χ0v) is 8.37. The molecule has 1 aliphatic heterocycles. The van der Waals surface area contributed by atoms with E-state index in [1.165, 1.54) is 0 Å². The smallest absolute Gasteiger partial charge is 0.261 e. The van der Waals surface area contributed by atoms with Gasteiger partial charge in [0.2, 0.25) is 0 Å². The van der Waals surface area contributed by atoms with Gasteiger partial charge in [-0.25, -0.2) is 0 Å². The molecule has 0 amide bonds. The molecular formula is C9H14N4O. The van der Waals surface area contributed by atoms with Crippen molar-refractivity contribution in [3.8, 4) is 0 Å². The van der Waals surface area contributed by atoms with E-state index in [9.17, 15) is 0 Å². The summed E-state index contributed by atoms with van der Waals surface area (Å²) in [4.78, 5) is 3.99. The largest absolute Gasteiger partial charge is 0.365 e. The van der Waals surface area contributed by atoms with E-state index in [-0.39, 0.29) is 11.4 Å². The molecule has 3 N–H and O–H groups in total. The number of nitrogens with one attached hydrogen (secondary N) is 1. The van der Waals surface area contributed by atoms with Gasteiger partial charge in [0.15, 0.2) is 0 Å². The molecule has 0 unspecified atom stereocenters. The lowest BCUT2D eigenvalue weighted by Crippen LogP contribution is -2.34. The second kappa shape index (κ2) is 3.09. The quantitative estimate of drug-likeness (QED) is 0.687. The Labute approximate surface area is 82.4 Å². The van der Waals surface area contributed by atoms with Crippen molar-refractivity contribution in [1.29, 1.82) is 0 Å². The van der Waals surface area contributed by atoms with Crippen LogP contribution in [0.1, 0.15) is 19.7 Å². The highest BCUT2D eigenvalue weighted by molar-refractivity contribution is 5.62. The molecule has 0 fully saturated rings. The Morgan fingerprint density at radius 2 is 2.36 bits per heavy atom. The number of nitrogens with zero attached hydrogens (tertiary/aromatic N) is 2. The Bertz CT molecular complexity index is 367. The number of hydrogen-bond acceptors (Lipinski definition) is 5. The van der Waals surface area contributed by atoms with Crippen LogP contribution in [-0.4, -0.2) is 23.2 Å². The maximum absolute atomic E-state index is 5.39. The molecule has 1 aromatic heterocycles. The van der Waals surface area contributed by atoms with Gasteiger partial charge in [0.05, 0.1) is 0 Å². The van der Waals surface area contributed by atoms with Gasteiger partial charge in [-0.05, 0) is 10.6 Å². The molecule has 2 heterocycles. The molecule has 76 valence electrons. The molecule has 0 saturated heterocycles. The van der Waals surface area contributed by atoms with Gasteiger partial charge in [-0.1, -0.05) is 19.9 Å². The van der Waals surface area contributed by atoms with E-state index >= 15 is 0 Å². The maximum atomic E-state index is 5.39. The fourth-order valence-electron chi connectivity index (χ4n) is 1.60. The first-order valence-corrected chi connectivity index (χ1v) is 4.59. The third-order valence-electron chi connectivity index (χ3n) is 2.18. The summed E-state index contributed by atoms with van der Waals surface area (Å²) in [7, 11) is 0. The third kappa shape index (κ3) is 1.77. The van der Waals surface area contributed by atoms with E-state index in [1.807, 2.05) is 0 Å². The number of aromatic nitrogens is 2. The van der Waals surface area contributed by atoms with Gasteiger partial charge in [0, 0.05) is 18.7 Å². The molecule has 5 heteroatoms. The minimum absolute atomic E-state index is 0.122. The van der Waals surface area contributed by atoms with Crippen molar-refractivity contribution in [2.45, 2.75) is 13.8 Å². The molecule has 0 spiro atoms. The summed E-state index contributed by atoms with van der Waals surface area (Å²) >= 11 is 0. The van der Waals surface area contributed by atoms with Gasteiger partial charge in [-0.15, -0.1) is 0 Å². The van der Waals surface area contributed by atoms with Gasteiger partial charge in [0.1, 0.15) is 0 Å². The van der Waals surface area contributed by atoms with Crippen molar-refractivity contribution in [1.82, 2.24) is 15.5 Å². The van der Waals surface area contributed by atoms with Crippen LogP contribution < -0.4 is 11.1 Å². The number of hydrogen-bond donors (Lipinski definition) is 2. The molecule has 0 aromatic carbocycles. The second-order valence-electron chi connectivity index (χ2n) is 4.22. The Kier molecular flexibility index (Phi) is 2.03. The minimum atomic E-state index is 0.122. The number of rotatable bonds is 1. The Morgan fingerprint density at radius 1 is 1.57 bits per heavy atom. The van der Waals surface area contributed by atoms with Crippen molar-refractivity contribution in [3.63, 3.8) is 0 Å². The fraction of sp³-hybridized carbons (Fsp3) is 0.556. The molecule has 2 rings (SSSR count). The summed E-state index contributed by atoms with van der Waals surface area (Å²) < 4.78 is 5.00. The summed E-state index contributed by atoms with van der Waals surface area (Å²) in [5, 5.41) is 6.86. The van der Waals surface area contributed by atoms with Crippen molar-refractivity contribution < 1.29 is 4.52 Å². The van der Waals surface area contributed by atoms with Crippen LogP contribution in [0.15, 0.2) is 10.6 Å². The zero-order chi connectivity index (χ0) is 10.2. The predicted octanol–water partition coefficient (Wildman–Crippen LogP) is 0.665. The monoisotopic (exact) mass is 194 g/mol. The molecule has 0 bridgehead atoms. The predicted molar refractivity (Wildman–Crippen MR) is 53.3 cm³/mol. The first-order chi connectivity index (χ1) is 6.57. The molecular weight excluding hydrogens is 180 g/mol. The molecule has 5 nitrogen and oxygen atoms in total. The van der Waals surface area contributed by atoms with Gasteiger partial charge in [-0.3, -0.25) is 0 Å². The van der Waals surface area contributed by atoms with Gasteiger partial charge < -0.3 is 15.6 Å². The fourth-order valence-corrected chi connectivity index (χ4v) is 1.60. The minimum Gasteiger partial charge on any atom is -0.365 e. The van der Waals surface area contributed by atoms with Gasteiger partial charge >= 0.3 is 0 Å². The molecule has 0 atom stereocenters. The summed E-state index contributed by atoms with van der Waals surface area (Å²) in [5.41, 5.74) is 6.53. The molecule has 14 heavy (non-hydrogen) atoms. The zero-order valence-electron chi connectivity index (χ0n) is 8.37. The van der Waals surface area contributed by atoms with E-state index < -0.39 is 0 Å². The van der Waals surface area contributed by atoms with E-state index in [0.29, 0.717) is 5.89 Å². The van der Waals surface area contributed by atoms with Crippen LogP contribution in [0.2, 0.25) is 0 Å². The van der Waals surface area contributed by atoms with Gasteiger partial charge in [-0.2, -0.15) is 4.98 Å². The molecule has 0 saturated carbocycles. The highest BCUT2D eigenvalue weighted by Gasteiger charge is 2.23. The standard InChI is InChI=1S/C9H14N4O/c1-9(2)3-6(4-11-5-9)7-12-8(10)13-14-7/h3,11H,4-5H2,1-2H3,(H2,10,13). The maximum Gasteiger partial charge on any atom is 0.261 e. The number of anilines is 1. The van der Waals surface area contributed by atoms with Crippen molar-refractivity contribution in [3.05, 3.63) is 12.0 Å². The van der Waals surface area contributed by atoms with Crippen LogP contribution in [0.3, 0.4) is 0 Å². The molecule has 0 radical (unpaired) electrons. The molecule has 1 aliphatic rings. The summed E-state index contributed by atoms with van der Waals surface area (Å²) in [5.74, 6) is 0.701. The first-order valence-electron chi connectivity index (χ1n) is 4.59. The Hall–Kier alpha value is -1.36. The molecule has 0 aliphatic carbocycles. The third-order valence-corrected chi connectivity index (χ3v) is 2.18.